The monoisotopic (exact) mass is 253 g/mol. The van der Waals surface area contributed by atoms with E-state index in [1.54, 1.807) is 17.5 Å². The maximum atomic E-state index is 12.4. The Morgan fingerprint density at radius 2 is 2.25 bits per heavy atom. The molecule has 16 heavy (non-hydrogen) atoms. The zero-order valence-electron chi connectivity index (χ0n) is 8.87. The van der Waals surface area contributed by atoms with Gasteiger partial charge in [0.15, 0.2) is 0 Å². The predicted molar refractivity (Wildman–Crippen MR) is 57.0 cm³/mol. The van der Waals surface area contributed by atoms with Crippen molar-refractivity contribution in [2.45, 2.75) is 12.7 Å². The molecule has 0 bridgehead atoms. The molecule has 1 unspecified atom stereocenters. The van der Waals surface area contributed by atoms with Crippen molar-refractivity contribution < 1.29 is 13.2 Å². The molecule has 0 saturated carbocycles. The summed E-state index contributed by atoms with van der Waals surface area (Å²) in [4.78, 5) is 5.60. The molecule has 1 atom stereocenters. The Morgan fingerprint density at radius 1 is 1.56 bits per heavy atom. The molecule has 0 saturated heterocycles. The van der Waals surface area contributed by atoms with Gasteiger partial charge in [-0.05, 0) is 7.05 Å². The van der Waals surface area contributed by atoms with E-state index in [1.807, 2.05) is 5.38 Å². The zero-order chi connectivity index (χ0) is 12.2. The molecule has 92 valence electrons. The normalized spacial score (nSPS) is 14.4. The van der Waals surface area contributed by atoms with Crippen LogP contribution in [0.4, 0.5) is 13.2 Å². The average Bonchev–Trinajstić information content (AvgIpc) is 2.64. The molecule has 0 aliphatic heterocycles. The van der Waals surface area contributed by atoms with Crippen molar-refractivity contribution in [3.63, 3.8) is 0 Å². The van der Waals surface area contributed by atoms with Crippen LogP contribution in [0.15, 0.2) is 10.9 Å². The second kappa shape index (κ2) is 5.60. The van der Waals surface area contributed by atoms with Gasteiger partial charge in [0.1, 0.15) is 0 Å². The third kappa shape index (κ3) is 4.07. The highest BCUT2D eigenvalue weighted by Crippen LogP contribution is 2.26. The van der Waals surface area contributed by atoms with Crippen LogP contribution >= 0.6 is 11.3 Å². The number of hydrogen-bond donors (Lipinski definition) is 1. The van der Waals surface area contributed by atoms with Gasteiger partial charge < -0.3 is 5.73 Å². The van der Waals surface area contributed by atoms with Crippen molar-refractivity contribution in [3.8, 4) is 0 Å². The fourth-order valence-corrected chi connectivity index (χ4v) is 1.89. The second-order valence-corrected chi connectivity index (χ2v) is 4.37. The van der Waals surface area contributed by atoms with E-state index in [-0.39, 0.29) is 13.1 Å². The van der Waals surface area contributed by atoms with E-state index in [0.717, 1.165) is 5.69 Å². The van der Waals surface area contributed by atoms with Crippen molar-refractivity contribution in [2.75, 3.05) is 20.1 Å². The number of hydrogen-bond acceptors (Lipinski definition) is 4. The topological polar surface area (TPSA) is 42.2 Å². The summed E-state index contributed by atoms with van der Waals surface area (Å²) in [5.41, 5.74) is 7.56. The Kier molecular flexibility index (Phi) is 4.69. The highest BCUT2D eigenvalue weighted by atomic mass is 32.1. The van der Waals surface area contributed by atoms with Crippen molar-refractivity contribution in [3.05, 3.63) is 16.6 Å². The number of alkyl halides is 3. The highest BCUT2D eigenvalue weighted by Gasteiger charge is 2.38. The SMILES string of the molecule is CN(Cc1cscn1)CC(CN)C(F)(F)F. The maximum absolute atomic E-state index is 12.4. The first-order chi connectivity index (χ1) is 7.43. The molecule has 0 radical (unpaired) electrons. The van der Waals surface area contributed by atoms with E-state index in [9.17, 15) is 13.2 Å². The predicted octanol–water partition coefficient (Wildman–Crippen LogP) is 1.71. The lowest BCUT2D eigenvalue weighted by Gasteiger charge is -2.24. The minimum atomic E-state index is -4.23. The van der Waals surface area contributed by atoms with E-state index in [2.05, 4.69) is 4.98 Å². The molecular weight excluding hydrogens is 239 g/mol. The van der Waals surface area contributed by atoms with Crippen LogP contribution in [0.1, 0.15) is 5.69 Å². The molecule has 0 fully saturated rings. The Balaban J connectivity index is 2.46. The van der Waals surface area contributed by atoms with Gasteiger partial charge in [-0.25, -0.2) is 4.98 Å². The first kappa shape index (κ1) is 13.4. The molecule has 0 aromatic carbocycles. The maximum Gasteiger partial charge on any atom is 0.394 e. The van der Waals surface area contributed by atoms with Gasteiger partial charge >= 0.3 is 6.18 Å². The van der Waals surface area contributed by atoms with E-state index in [0.29, 0.717) is 6.54 Å². The minimum absolute atomic E-state index is 0.0997. The minimum Gasteiger partial charge on any atom is -0.330 e. The van der Waals surface area contributed by atoms with Gasteiger partial charge in [-0.2, -0.15) is 13.2 Å². The smallest absolute Gasteiger partial charge is 0.330 e. The summed E-state index contributed by atoms with van der Waals surface area (Å²) in [6.07, 6.45) is -4.23. The molecule has 3 nitrogen and oxygen atoms in total. The summed E-state index contributed by atoms with van der Waals surface area (Å²) < 4.78 is 37.3. The van der Waals surface area contributed by atoms with Gasteiger partial charge in [-0.15, -0.1) is 11.3 Å². The molecule has 1 aromatic heterocycles. The van der Waals surface area contributed by atoms with Crippen LogP contribution in [-0.2, 0) is 6.54 Å². The Labute approximate surface area is 96.1 Å². The van der Waals surface area contributed by atoms with Crippen LogP contribution in [0, 0.1) is 5.92 Å². The van der Waals surface area contributed by atoms with E-state index >= 15 is 0 Å². The fourth-order valence-electron chi connectivity index (χ4n) is 1.34. The third-order valence-corrected chi connectivity index (χ3v) is 2.83. The Bertz CT molecular complexity index is 299. The lowest BCUT2D eigenvalue weighted by molar-refractivity contribution is -0.175. The first-order valence-electron chi connectivity index (χ1n) is 4.76. The van der Waals surface area contributed by atoms with Crippen LogP contribution in [-0.4, -0.2) is 36.2 Å². The van der Waals surface area contributed by atoms with Gasteiger partial charge in [0.05, 0.1) is 17.1 Å². The molecule has 0 amide bonds. The highest BCUT2D eigenvalue weighted by molar-refractivity contribution is 7.07. The lowest BCUT2D eigenvalue weighted by Crippen LogP contribution is -2.39. The summed E-state index contributed by atoms with van der Waals surface area (Å²) >= 11 is 1.43. The molecule has 1 aromatic rings. The number of aromatic nitrogens is 1. The van der Waals surface area contributed by atoms with Gasteiger partial charge in [-0.1, -0.05) is 0 Å². The summed E-state index contributed by atoms with van der Waals surface area (Å²) in [5, 5.41) is 1.82. The van der Waals surface area contributed by atoms with Crippen molar-refractivity contribution in [2.24, 2.45) is 11.7 Å². The summed E-state index contributed by atoms with van der Waals surface area (Å²) in [7, 11) is 1.63. The molecular formula is C9H14F3N3S. The largest absolute Gasteiger partial charge is 0.394 e. The molecule has 7 heteroatoms. The van der Waals surface area contributed by atoms with Crippen LogP contribution in [0.3, 0.4) is 0 Å². The number of rotatable bonds is 5. The van der Waals surface area contributed by atoms with Crippen molar-refractivity contribution in [1.82, 2.24) is 9.88 Å². The van der Waals surface area contributed by atoms with Crippen molar-refractivity contribution in [1.29, 1.82) is 0 Å². The molecule has 0 aliphatic rings. The summed E-state index contributed by atoms with van der Waals surface area (Å²) in [5.74, 6) is -1.48. The molecule has 0 spiro atoms. The van der Waals surface area contributed by atoms with Gasteiger partial charge in [0, 0.05) is 25.0 Å². The molecule has 2 N–H and O–H groups in total. The molecule has 1 heterocycles. The lowest BCUT2D eigenvalue weighted by atomic mass is 10.1. The van der Waals surface area contributed by atoms with E-state index in [4.69, 9.17) is 5.73 Å². The van der Waals surface area contributed by atoms with Crippen LogP contribution in [0.2, 0.25) is 0 Å². The van der Waals surface area contributed by atoms with E-state index < -0.39 is 12.1 Å². The zero-order valence-corrected chi connectivity index (χ0v) is 9.68. The van der Waals surface area contributed by atoms with Gasteiger partial charge in [0.2, 0.25) is 0 Å². The quantitative estimate of drug-likeness (QED) is 0.868. The Hall–Kier alpha value is -0.660. The third-order valence-electron chi connectivity index (χ3n) is 2.19. The van der Waals surface area contributed by atoms with Crippen LogP contribution < -0.4 is 5.73 Å². The van der Waals surface area contributed by atoms with E-state index in [1.165, 1.54) is 11.3 Å². The molecule has 1 rings (SSSR count). The number of halogens is 3. The first-order valence-corrected chi connectivity index (χ1v) is 5.70. The van der Waals surface area contributed by atoms with Gasteiger partial charge in [0.25, 0.3) is 0 Å². The standard InChI is InChI=1S/C9H14F3N3S/c1-15(4-8-5-16-6-14-8)3-7(2-13)9(10,11)12/h5-7H,2-4,13H2,1H3. The summed E-state index contributed by atoms with van der Waals surface area (Å²) in [6.45, 7) is -0.0709. The number of nitrogens with two attached hydrogens (primary N) is 1. The summed E-state index contributed by atoms with van der Waals surface area (Å²) in [6, 6.07) is 0. The fraction of sp³-hybridized carbons (Fsp3) is 0.667. The second-order valence-electron chi connectivity index (χ2n) is 3.65. The van der Waals surface area contributed by atoms with Crippen LogP contribution in [0.5, 0.6) is 0 Å². The molecule has 0 aliphatic carbocycles. The number of thiazole rings is 1. The Morgan fingerprint density at radius 3 is 2.69 bits per heavy atom. The van der Waals surface area contributed by atoms with Gasteiger partial charge in [-0.3, -0.25) is 4.90 Å². The van der Waals surface area contributed by atoms with Crippen LogP contribution in [0.25, 0.3) is 0 Å². The average molecular weight is 253 g/mol. The van der Waals surface area contributed by atoms with Crippen molar-refractivity contribution >= 4 is 11.3 Å². The number of nitrogens with zero attached hydrogens (tertiary/aromatic N) is 2.